The molecule has 3 aromatic rings. The molecule has 1 aromatic heterocycles. The summed E-state index contributed by atoms with van der Waals surface area (Å²) >= 11 is 0. The number of para-hydroxylation sites is 2. The van der Waals surface area contributed by atoms with E-state index in [0.29, 0.717) is 12.1 Å². The van der Waals surface area contributed by atoms with E-state index in [2.05, 4.69) is 46.3 Å². The number of benzene rings is 2. The highest BCUT2D eigenvalue weighted by Gasteiger charge is 2.22. The topological polar surface area (TPSA) is 57.6 Å². The Morgan fingerprint density at radius 3 is 2.40 bits per heavy atom. The quantitative estimate of drug-likeness (QED) is 0.710. The maximum Gasteiger partial charge on any atom is 0.252 e. The number of carbonyl (C=O) groups is 1. The van der Waals surface area contributed by atoms with Crippen molar-refractivity contribution in [1.29, 1.82) is 0 Å². The minimum absolute atomic E-state index is 0.177. The number of hydrogen-bond donors (Lipinski definition) is 1. The number of amides is 1. The van der Waals surface area contributed by atoms with Gasteiger partial charge >= 0.3 is 0 Å². The third-order valence-corrected chi connectivity index (χ3v) is 6.02. The van der Waals surface area contributed by atoms with Gasteiger partial charge in [0.25, 0.3) is 11.5 Å². The summed E-state index contributed by atoms with van der Waals surface area (Å²) in [5.41, 5.74) is 2.29. The Balaban J connectivity index is 1.37. The van der Waals surface area contributed by atoms with Crippen LogP contribution in [0, 0.1) is 0 Å². The molecule has 6 nitrogen and oxygen atoms in total. The van der Waals surface area contributed by atoms with Gasteiger partial charge in [-0.3, -0.25) is 14.5 Å². The van der Waals surface area contributed by atoms with Crippen LogP contribution in [-0.4, -0.2) is 54.1 Å². The first-order valence-corrected chi connectivity index (χ1v) is 10.5. The molecule has 1 N–H and O–H groups in total. The molecule has 2 aromatic carbocycles. The van der Waals surface area contributed by atoms with Gasteiger partial charge in [-0.15, -0.1) is 0 Å². The number of anilines is 1. The van der Waals surface area contributed by atoms with Crippen molar-refractivity contribution in [3.8, 4) is 0 Å². The van der Waals surface area contributed by atoms with E-state index in [4.69, 9.17) is 0 Å². The van der Waals surface area contributed by atoms with E-state index >= 15 is 0 Å². The summed E-state index contributed by atoms with van der Waals surface area (Å²) in [4.78, 5) is 29.9. The zero-order valence-electron chi connectivity index (χ0n) is 17.5. The van der Waals surface area contributed by atoms with Crippen LogP contribution in [0.4, 0.5) is 5.69 Å². The van der Waals surface area contributed by atoms with E-state index in [1.807, 2.05) is 30.3 Å². The van der Waals surface area contributed by atoms with Gasteiger partial charge in [-0.2, -0.15) is 0 Å². The third kappa shape index (κ3) is 4.09. The van der Waals surface area contributed by atoms with E-state index in [-0.39, 0.29) is 17.5 Å². The molecule has 30 heavy (non-hydrogen) atoms. The summed E-state index contributed by atoms with van der Waals surface area (Å²) in [7, 11) is 1.73. The molecule has 4 rings (SSSR count). The lowest BCUT2D eigenvalue weighted by Gasteiger charge is -2.39. The number of aromatic nitrogens is 1. The number of aryl methyl sites for hydroxylation is 1. The molecule has 0 saturated carbocycles. The minimum Gasteiger partial charge on any atom is -0.369 e. The fourth-order valence-electron chi connectivity index (χ4n) is 4.12. The first-order chi connectivity index (χ1) is 14.5. The van der Waals surface area contributed by atoms with Gasteiger partial charge < -0.3 is 14.8 Å². The minimum atomic E-state index is -0.196. The van der Waals surface area contributed by atoms with Gasteiger partial charge in [0, 0.05) is 63.0 Å². The summed E-state index contributed by atoms with van der Waals surface area (Å²) < 4.78 is 1.57. The molecule has 0 radical (unpaired) electrons. The maximum atomic E-state index is 12.9. The Kier molecular flexibility index (Phi) is 5.86. The van der Waals surface area contributed by atoms with Crippen LogP contribution in [0.1, 0.15) is 17.3 Å². The summed E-state index contributed by atoms with van der Waals surface area (Å²) in [5, 5.41) is 3.83. The third-order valence-electron chi connectivity index (χ3n) is 6.02. The molecule has 0 bridgehead atoms. The van der Waals surface area contributed by atoms with Gasteiger partial charge in [-0.1, -0.05) is 36.4 Å². The van der Waals surface area contributed by atoms with E-state index in [1.165, 1.54) is 11.8 Å². The Hall–Kier alpha value is -3.12. The van der Waals surface area contributed by atoms with Gasteiger partial charge in [0.05, 0.1) is 11.1 Å². The lowest BCUT2D eigenvalue weighted by Crippen LogP contribution is -2.52. The Morgan fingerprint density at radius 1 is 1.00 bits per heavy atom. The summed E-state index contributed by atoms with van der Waals surface area (Å²) in [6.07, 6.45) is 0. The summed E-state index contributed by atoms with van der Waals surface area (Å²) in [5.74, 6) is -0.196. The average molecular weight is 405 g/mol. The number of pyridine rings is 1. The number of carbonyl (C=O) groups excluding carboxylic acids is 1. The molecule has 6 heteroatoms. The van der Waals surface area contributed by atoms with Crippen molar-refractivity contribution >= 4 is 22.5 Å². The first-order valence-electron chi connectivity index (χ1n) is 10.5. The Labute approximate surface area is 176 Å². The summed E-state index contributed by atoms with van der Waals surface area (Å²) in [6.45, 7) is 6.55. The standard InChI is InChI=1S/C24H28N4O2/c1-18(27-12-14-28(15-13-27)19-8-4-3-5-9-19)17-25-24(30)21-16-23(29)26(2)22-11-7-6-10-20(21)22/h3-11,16,18H,12-15,17H2,1-2H3,(H,25,30). The molecular weight excluding hydrogens is 376 g/mol. The smallest absolute Gasteiger partial charge is 0.252 e. The van der Waals surface area contributed by atoms with Crippen LogP contribution >= 0.6 is 0 Å². The second kappa shape index (κ2) is 8.71. The van der Waals surface area contributed by atoms with Crippen LogP contribution in [0.5, 0.6) is 0 Å². The van der Waals surface area contributed by atoms with Crippen LogP contribution in [0.3, 0.4) is 0 Å². The molecule has 1 atom stereocenters. The number of hydrogen-bond acceptors (Lipinski definition) is 4. The first kappa shape index (κ1) is 20.2. The largest absolute Gasteiger partial charge is 0.369 e. The van der Waals surface area contributed by atoms with Crippen molar-refractivity contribution in [1.82, 2.24) is 14.8 Å². The van der Waals surface area contributed by atoms with Crippen LogP contribution in [-0.2, 0) is 7.05 Å². The van der Waals surface area contributed by atoms with Crippen molar-refractivity contribution < 1.29 is 4.79 Å². The fourth-order valence-corrected chi connectivity index (χ4v) is 4.12. The van der Waals surface area contributed by atoms with Gasteiger partial charge in [-0.05, 0) is 25.1 Å². The second-order valence-corrected chi connectivity index (χ2v) is 7.89. The molecule has 1 amide bonds. The van der Waals surface area contributed by atoms with Gasteiger partial charge in [0.15, 0.2) is 0 Å². The molecule has 1 aliphatic rings. The molecule has 1 fully saturated rings. The number of rotatable bonds is 5. The maximum absolute atomic E-state index is 12.9. The van der Waals surface area contributed by atoms with Crippen molar-refractivity contribution in [2.75, 3.05) is 37.6 Å². The lowest BCUT2D eigenvalue weighted by atomic mass is 10.1. The van der Waals surface area contributed by atoms with E-state index < -0.39 is 0 Å². The summed E-state index contributed by atoms with van der Waals surface area (Å²) in [6, 6.07) is 19.6. The molecule has 0 aliphatic carbocycles. The monoisotopic (exact) mass is 404 g/mol. The highest BCUT2D eigenvalue weighted by molar-refractivity contribution is 6.06. The molecule has 2 heterocycles. The number of fused-ring (bicyclic) bond motifs is 1. The van der Waals surface area contributed by atoms with Crippen LogP contribution in [0.15, 0.2) is 65.5 Å². The molecule has 1 aliphatic heterocycles. The number of piperazine rings is 1. The predicted molar refractivity (Wildman–Crippen MR) is 121 cm³/mol. The molecule has 0 spiro atoms. The fraction of sp³-hybridized carbons (Fsp3) is 0.333. The predicted octanol–water partition coefficient (Wildman–Crippen LogP) is 2.48. The Bertz CT molecular complexity index is 1090. The van der Waals surface area contributed by atoms with E-state index in [0.717, 1.165) is 37.1 Å². The average Bonchev–Trinajstić information content (AvgIpc) is 2.80. The van der Waals surface area contributed by atoms with Gasteiger partial charge in [-0.25, -0.2) is 0 Å². The molecular formula is C24H28N4O2. The van der Waals surface area contributed by atoms with Crippen LogP contribution in [0.2, 0.25) is 0 Å². The molecule has 1 unspecified atom stereocenters. The SMILES string of the molecule is CC(CNC(=O)c1cc(=O)n(C)c2ccccc12)N1CCN(c2ccccc2)CC1. The van der Waals surface area contributed by atoms with Gasteiger partial charge in [0.1, 0.15) is 0 Å². The zero-order chi connectivity index (χ0) is 21.1. The molecule has 156 valence electrons. The van der Waals surface area contributed by atoms with Crippen molar-refractivity contribution in [2.45, 2.75) is 13.0 Å². The lowest BCUT2D eigenvalue weighted by molar-refractivity contribution is 0.0935. The van der Waals surface area contributed by atoms with E-state index in [9.17, 15) is 9.59 Å². The highest BCUT2D eigenvalue weighted by Crippen LogP contribution is 2.18. The van der Waals surface area contributed by atoms with Gasteiger partial charge in [0.2, 0.25) is 0 Å². The zero-order valence-corrected chi connectivity index (χ0v) is 17.5. The normalized spacial score (nSPS) is 15.9. The van der Waals surface area contributed by atoms with Crippen molar-refractivity contribution in [3.63, 3.8) is 0 Å². The van der Waals surface area contributed by atoms with E-state index in [1.54, 1.807) is 11.6 Å². The van der Waals surface area contributed by atoms with Crippen LogP contribution in [0.25, 0.3) is 10.9 Å². The second-order valence-electron chi connectivity index (χ2n) is 7.89. The highest BCUT2D eigenvalue weighted by atomic mass is 16.2. The Morgan fingerprint density at radius 2 is 1.67 bits per heavy atom. The van der Waals surface area contributed by atoms with Crippen molar-refractivity contribution in [2.24, 2.45) is 7.05 Å². The number of nitrogens with one attached hydrogen (secondary N) is 1. The van der Waals surface area contributed by atoms with Crippen LogP contribution < -0.4 is 15.8 Å². The number of nitrogens with zero attached hydrogens (tertiary/aromatic N) is 3. The van der Waals surface area contributed by atoms with Crippen molar-refractivity contribution in [3.05, 3.63) is 76.6 Å². The molecule has 1 saturated heterocycles.